The highest BCUT2D eigenvalue weighted by Gasteiger charge is 2.04. The molecule has 0 unspecified atom stereocenters. The fourth-order valence-electron chi connectivity index (χ4n) is 2.53. The number of aromatic nitrogens is 2. The maximum atomic E-state index is 5.57. The summed E-state index contributed by atoms with van der Waals surface area (Å²) in [5.41, 5.74) is 5.61. The summed E-state index contributed by atoms with van der Waals surface area (Å²) < 4.78 is 5.57. The molecular formula is C22H20N2O. The first-order chi connectivity index (χ1) is 12.3. The summed E-state index contributed by atoms with van der Waals surface area (Å²) in [6.45, 7) is 2.11. The molecule has 3 aromatic rings. The van der Waals surface area contributed by atoms with E-state index in [0.717, 1.165) is 28.0 Å². The second kappa shape index (κ2) is 8.06. The number of ether oxygens (including phenoxy) is 1. The first-order valence-electron chi connectivity index (χ1n) is 8.11. The zero-order valence-electron chi connectivity index (χ0n) is 14.4. The number of hydrogen-bond donors (Lipinski definition) is 0. The lowest BCUT2D eigenvalue weighted by Crippen LogP contribution is -1.91. The summed E-state index contributed by atoms with van der Waals surface area (Å²) in [7, 11) is 1.70. The number of benzene rings is 1. The minimum Gasteiger partial charge on any atom is -0.496 e. The van der Waals surface area contributed by atoms with Crippen LogP contribution in [-0.4, -0.2) is 17.1 Å². The number of hydrogen-bond acceptors (Lipinski definition) is 3. The van der Waals surface area contributed by atoms with Gasteiger partial charge in [0.1, 0.15) is 5.75 Å². The van der Waals surface area contributed by atoms with Crippen molar-refractivity contribution in [3.63, 3.8) is 0 Å². The molecule has 0 aliphatic heterocycles. The first-order valence-corrected chi connectivity index (χ1v) is 8.11. The van der Waals surface area contributed by atoms with E-state index in [1.54, 1.807) is 31.9 Å². The summed E-state index contributed by atoms with van der Waals surface area (Å²) in [5, 5.41) is 0. The molecule has 0 N–H and O–H groups in total. The van der Waals surface area contributed by atoms with E-state index in [4.69, 9.17) is 4.74 Å². The number of methoxy groups -OCH3 is 1. The van der Waals surface area contributed by atoms with Crippen molar-refractivity contribution in [2.75, 3.05) is 7.11 Å². The van der Waals surface area contributed by atoms with Gasteiger partial charge in [-0.15, -0.1) is 0 Å². The van der Waals surface area contributed by atoms with E-state index in [2.05, 4.69) is 53.3 Å². The predicted octanol–water partition coefficient (Wildman–Crippen LogP) is 5.13. The van der Waals surface area contributed by atoms with Crippen LogP contribution in [0.25, 0.3) is 24.3 Å². The van der Waals surface area contributed by atoms with Crippen molar-refractivity contribution in [1.82, 2.24) is 9.97 Å². The molecule has 3 nitrogen and oxygen atoms in total. The third kappa shape index (κ3) is 4.42. The van der Waals surface area contributed by atoms with E-state index in [1.807, 2.05) is 24.3 Å². The van der Waals surface area contributed by atoms with Crippen molar-refractivity contribution >= 4 is 24.3 Å². The normalized spacial score (nSPS) is 11.3. The van der Waals surface area contributed by atoms with Gasteiger partial charge in [0.25, 0.3) is 0 Å². The monoisotopic (exact) mass is 328 g/mol. The topological polar surface area (TPSA) is 35.0 Å². The maximum Gasteiger partial charge on any atom is 0.126 e. The summed E-state index contributed by atoms with van der Waals surface area (Å²) in [5.74, 6) is 0.852. The SMILES string of the molecule is COc1cc(/C=C/c2ccncc2)c(C)cc1/C=C/c1ccncc1. The molecule has 2 aromatic heterocycles. The maximum absolute atomic E-state index is 5.57. The fourth-order valence-corrected chi connectivity index (χ4v) is 2.53. The van der Waals surface area contributed by atoms with Gasteiger partial charge in [0.2, 0.25) is 0 Å². The predicted molar refractivity (Wildman–Crippen MR) is 104 cm³/mol. The van der Waals surface area contributed by atoms with Crippen LogP contribution in [0.4, 0.5) is 0 Å². The fraction of sp³-hybridized carbons (Fsp3) is 0.0909. The number of aryl methyl sites for hydroxylation is 1. The lowest BCUT2D eigenvalue weighted by molar-refractivity contribution is 0.413. The van der Waals surface area contributed by atoms with Crippen molar-refractivity contribution < 1.29 is 4.74 Å². The van der Waals surface area contributed by atoms with E-state index in [1.165, 1.54) is 5.56 Å². The average Bonchev–Trinajstić information content (AvgIpc) is 2.67. The van der Waals surface area contributed by atoms with E-state index in [0.29, 0.717) is 0 Å². The second-order valence-electron chi connectivity index (χ2n) is 5.68. The first kappa shape index (κ1) is 16.7. The molecule has 1 aromatic carbocycles. The summed E-state index contributed by atoms with van der Waals surface area (Å²) in [4.78, 5) is 8.07. The largest absolute Gasteiger partial charge is 0.496 e. The summed E-state index contributed by atoms with van der Waals surface area (Å²) in [6.07, 6.45) is 15.5. The van der Waals surface area contributed by atoms with Gasteiger partial charge in [-0.05, 0) is 65.6 Å². The van der Waals surface area contributed by atoms with Crippen molar-refractivity contribution in [2.45, 2.75) is 6.92 Å². The Kier molecular flexibility index (Phi) is 5.37. The summed E-state index contributed by atoms with van der Waals surface area (Å²) in [6, 6.07) is 12.1. The molecule has 0 amide bonds. The molecule has 0 aliphatic carbocycles. The van der Waals surface area contributed by atoms with Crippen molar-refractivity contribution in [3.8, 4) is 5.75 Å². The molecule has 0 spiro atoms. The van der Waals surface area contributed by atoms with Crippen LogP contribution in [0.15, 0.2) is 61.2 Å². The van der Waals surface area contributed by atoms with Crippen LogP contribution in [0.2, 0.25) is 0 Å². The van der Waals surface area contributed by atoms with Gasteiger partial charge in [0, 0.05) is 30.4 Å². The number of nitrogens with zero attached hydrogens (tertiary/aromatic N) is 2. The van der Waals surface area contributed by atoms with E-state index in [-0.39, 0.29) is 0 Å². The quantitative estimate of drug-likeness (QED) is 0.651. The Balaban J connectivity index is 1.88. The highest BCUT2D eigenvalue weighted by molar-refractivity contribution is 5.77. The minimum absolute atomic E-state index is 0.852. The van der Waals surface area contributed by atoms with Crippen LogP contribution in [-0.2, 0) is 0 Å². The Hall–Kier alpha value is -3.20. The van der Waals surface area contributed by atoms with Gasteiger partial charge in [-0.3, -0.25) is 9.97 Å². The molecule has 3 heteroatoms. The van der Waals surface area contributed by atoms with Gasteiger partial charge in [0.05, 0.1) is 7.11 Å². The van der Waals surface area contributed by atoms with Gasteiger partial charge < -0.3 is 4.74 Å². The van der Waals surface area contributed by atoms with Gasteiger partial charge in [-0.2, -0.15) is 0 Å². The molecule has 3 rings (SSSR count). The van der Waals surface area contributed by atoms with Crippen molar-refractivity contribution in [3.05, 3.63) is 89.0 Å². The molecule has 124 valence electrons. The molecule has 25 heavy (non-hydrogen) atoms. The average molecular weight is 328 g/mol. The zero-order chi connectivity index (χ0) is 17.5. The molecule has 0 atom stereocenters. The standard InChI is InChI=1S/C22H20N2O/c1-17-15-21(6-4-19-9-13-24-14-10-19)22(25-2)16-20(17)5-3-18-7-11-23-12-8-18/h3-16H,1-2H3/b5-3+,6-4+. The van der Waals surface area contributed by atoms with Crippen LogP contribution in [0.1, 0.15) is 27.8 Å². The molecule has 0 aliphatic rings. The minimum atomic E-state index is 0.852. The van der Waals surface area contributed by atoms with Crippen molar-refractivity contribution in [2.24, 2.45) is 0 Å². The Bertz CT molecular complexity index is 885. The van der Waals surface area contributed by atoms with Gasteiger partial charge >= 0.3 is 0 Å². The Labute approximate surface area is 148 Å². The highest BCUT2D eigenvalue weighted by Crippen LogP contribution is 2.26. The van der Waals surface area contributed by atoms with Crippen LogP contribution < -0.4 is 4.74 Å². The van der Waals surface area contributed by atoms with Gasteiger partial charge in [0.15, 0.2) is 0 Å². The summed E-state index contributed by atoms with van der Waals surface area (Å²) >= 11 is 0. The molecule has 0 saturated carbocycles. The molecule has 0 saturated heterocycles. The molecular weight excluding hydrogens is 308 g/mol. The molecule has 0 fully saturated rings. The van der Waals surface area contributed by atoms with Crippen LogP contribution in [0.3, 0.4) is 0 Å². The zero-order valence-corrected chi connectivity index (χ0v) is 14.4. The highest BCUT2D eigenvalue weighted by atomic mass is 16.5. The Morgan fingerprint density at radius 1 is 0.720 bits per heavy atom. The van der Waals surface area contributed by atoms with Crippen LogP contribution >= 0.6 is 0 Å². The van der Waals surface area contributed by atoms with Crippen LogP contribution in [0.5, 0.6) is 5.75 Å². The Morgan fingerprint density at radius 3 is 1.76 bits per heavy atom. The lowest BCUT2D eigenvalue weighted by Gasteiger charge is -2.09. The molecule has 2 heterocycles. The van der Waals surface area contributed by atoms with E-state index >= 15 is 0 Å². The van der Waals surface area contributed by atoms with Gasteiger partial charge in [-0.25, -0.2) is 0 Å². The van der Waals surface area contributed by atoms with Crippen molar-refractivity contribution in [1.29, 1.82) is 0 Å². The Morgan fingerprint density at radius 2 is 1.24 bits per heavy atom. The third-order valence-corrected chi connectivity index (χ3v) is 3.94. The van der Waals surface area contributed by atoms with Gasteiger partial charge in [-0.1, -0.05) is 24.3 Å². The second-order valence-corrected chi connectivity index (χ2v) is 5.68. The number of rotatable bonds is 5. The van der Waals surface area contributed by atoms with E-state index < -0.39 is 0 Å². The lowest BCUT2D eigenvalue weighted by atomic mass is 10.0. The molecule has 0 bridgehead atoms. The van der Waals surface area contributed by atoms with E-state index in [9.17, 15) is 0 Å². The molecule has 0 radical (unpaired) electrons. The third-order valence-electron chi connectivity index (χ3n) is 3.94. The number of pyridine rings is 2. The van der Waals surface area contributed by atoms with Crippen LogP contribution in [0, 0.1) is 6.92 Å². The smallest absolute Gasteiger partial charge is 0.126 e.